The molecule has 8 heteroatoms. The molecule has 0 aliphatic carbocycles. The second-order valence-electron chi connectivity index (χ2n) is 8.63. The first kappa shape index (κ1) is 23.8. The minimum atomic E-state index is -0.888. The van der Waals surface area contributed by atoms with Crippen LogP contribution < -0.4 is 14.2 Å². The van der Waals surface area contributed by atoms with Crippen LogP contribution in [0.15, 0.2) is 72.8 Å². The Balaban J connectivity index is 1.59. The SMILES string of the molecule is CCOc1cc(C2c3c(n[nH]c3-c3ccc(C)cc3)OC(=N)C2C#N)ccc1OC(=O)c1ccccc1. The van der Waals surface area contributed by atoms with E-state index >= 15 is 0 Å². The number of benzene rings is 3. The third-order valence-electron chi connectivity index (χ3n) is 6.22. The van der Waals surface area contributed by atoms with E-state index in [0.717, 1.165) is 11.1 Å². The van der Waals surface area contributed by atoms with Crippen molar-refractivity contribution >= 4 is 11.9 Å². The Labute approximate surface area is 213 Å². The number of H-pyrrole nitrogens is 1. The lowest BCUT2D eigenvalue weighted by Gasteiger charge is -2.28. The van der Waals surface area contributed by atoms with Crippen molar-refractivity contribution in [2.24, 2.45) is 5.92 Å². The van der Waals surface area contributed by atoms with Gasteiger partial charge in [-0.05, 0) is 49.2 Å². The third kappa shape index (κ3) is 4.55. The van der Waals surface area contributed by atoms with E-state index in [4.69, 9.17) is 19.6 Å². The van der Waals surface area contributed by atoms with Crippen molar-refractivity contribution in [2.75, 3.05) is 6.61 Å². The lowest BCUT2D eigenvalue weighted by atomic mass is 9.78. The molecule has 184 valence electrons. The van der Waals surface area contributed by atoms with Crippen LogP contribution in [0.2, 0.25) is 0 Å². The number of ether oxygens (including phenoxy) is 3. The summed E-state index contributed by atoms with van der Waals surface area (Å²) in [5, 5.41) is 25.7. The third-order valence-corrected chi connectivity index (χ3v) is 6.22. The van der Waals surface area contributed by atoms with Crippen LogP contribution in [0.5, 0.6) is 17.4 Å². The van der Waals surface area contributed by atoms with Crippen molar-refractivity contribution in [3.63, 3.8) is 0 Å². The lowest BCUT2D eigenvalue weighted by Crippen LogP contribution is -2.31. The summed E-state index contributed by atoms with van der Waals surface area (Å²) in [7, 11) is 0. The van der Waals surface area contributed by atoms with Crippen LogP contribution in [0.4, 0.5) is 0 Å². The van der Waals surface area contributed by atoms with Crippen LogP contribution >= 0.6 is 0 Å². The molecule has 0 radical (unpaired) electrons. The average Bonchev–Trinajstić information content (AvgIpc) is 3.33. The van der Waals surface area contributed by atoms with Gasteiger partial charge in [0, 0.05) is 5.92 Å². The molecule has 1 aliphatic heterocycles. The fourth-order valence-corrected chi connectivity index (χ4v) is 4.42. The zero-order valence-corrected chi connectivity index (χ0v) is 20.3. The van der Waals surface area contributed by atoms with E-state index in [1.807, 2.05) is 44.2 Å². The van der Waals surface area contributed by atoms with E-state index in [1.165, 1.54) is 0 Å². The molecule has 5 rings (SSSR count). The Morgan fingerprint density at radius 1 is 1.11 bits per heavy atom. The summed E-state index contributed by atoms with van der Waals surface area (Å²) in [5.74, 6) is -1.25. The molecule has 37 heavy (non-hydrogen) atoms. The molecule has 8 nitrogen and oxygen atoms in total. The number of nitriles is 1. The van der Waals surface area contributed by atoms with Crippen molar-refractivity contribution < 1.29 is 19.0 Å². The van der Waals surface area contributed by atoms with E-state index < -0.39 is 17.8 Å². The van der Waals surface area contributed by atoms with Crippen LogP contribution in [0.25, 0.3) is 11.3 Å². The van der Waals surface area contributed by atoms with E-state index in [-0.39, 0.29) is 17.5 Å². The first-order valence-electron chi connectivity index (χ1n) is 11.8. The zero-order valence-electron chi connectivity index (χ0n) is 20.3. The highest BCUT2D eigenvalue weighted by molar-refractivity contribution is 5.91. The van der Waals surface area contributed by atoms with Gasteiger partial charge in [-0.15, -0.1) is 5.10 Å². The van der Waals surface area contributed by atoms with Crippen molar-refractivity contribution in [2.45, 2.75) is 19.8 Å². The van der Waals surface area contributed by atoms with E-state index in [2.05, 4.69) is 16.3 Å². The second-order valence-corrected chi connectivity index (χ2v) is 8.63. The molecule has 0 bridgehead atoms. The van der Waals surface area contributed by atoms with Gasteiger partial charge in [-0.1, -0.05) is 54.1 Å². The second kappa shape index (κ2) is 9.99. The van der Waals surface area contributed by atoms with Gasteiger partial charge in [-0.2, -0.15) is 5.26 Å². The van der Waals surface area contributed by atoms with Gasteiger partial charge in [-0.3, -0.25) is 10.5 Å². The topological polar surface area (TPSA) is 121 Å². The number of hydrogen-bond acceptors (Lipinski definition) is 7. The fourth-order valence-electron chi connectivity index (χ4n) is 4.42. The van der Waals surface area contributed by atoms with E-state index in [1.54, 1.807) is 42.5 Å². The molecule has 2 N–H and O–H groups in total. The Kier molecular flexibility index (Phi) is 6.43. The van der Waals surface area contributed by atoms with Gasteiger partial charge >= 0.3 is 5.97 Å². The first-order valence-corrected chi connectivity index (χ1v) is 11.8. The summed E-state index contributed by atoms with van der Waals surface area (Å²) in [5.41, 5.74) is 4.52. The number of nitrogens with one attached hydrogen (secondary N) is 2. The molecule has 2 heterocycles. The van der Waals surface area contributed by atoms with Crippen molar-refractivity contribution in [3.05, 3.63) is 95.1 Å². The van der Waals surface area contributed by atoms with Gasteiger partial charge in [0.05, 0.1) is 29.5 Å². The lowest BCUT2D eigenvalue weighted by molar-refractivity contribution is 0.0728. The minimum Gasteiger partial charge on any atom is -0.490 e. The predicted octanol–water partition coefficient (Wildman–Crippen LogP) is 5.64. The van der Waals surface area contributed by atoms with Crippen LogP contribution in [-0.4, -0.2) is 28.7 Å². The molecule has 0 spiro atoms. The van der Waals surface area contributed by atoms with Gasteiger partial charge in [0.2, 0.25) is 11.8 Å². The summed E-state index contributed by atoms with van der Waals surface area (Å²) in [6.07, 6.45) is 0. The summed E-state index contributed by atoms with van der Waals surface area (Å²) in [4.78, 5) is 12.7. The molecule has 0 saturated carbocycles. The van der Waals surface area contributed by atoms with Gasteiger partial charge in [0.25, 0.3) is 0 Å². The number of esters is 1. The number of aryl methyl sites for hydroxylation is 1. The molecule has 4 aromatic rings. The highest BCUT2D eigenvalue weighted by Gasteiger charge is 2.41. The maximum Gasteiger partial charge on any atom is 0.343 e. The average molecular weight is 493 g/mol. The standard InChI is InChI=1S/C29H24N4O4/c1-3-35-23-15-20(13-14-22(23)36-29(34)19-7-5-4-6-8-19)24-21(16-30)27(31)37-28-25(24)26(32-33-28)18-11-9-17(2)10-12-18/h4-15,21,24,31H,3H2,1-2H3,(H,32,33). The Hall–Kier alpha value is -4.90. The smallest absolute Gasteiger partial charge is 0.343 e. The van der Waals surface area contributed by atoms with Crippen LogP contribution in [0.3, 0.4) is 0 Å². The summed E-state index contributed by atoms with van der Waals surface area (Å²) >= 11 is 0. The van der Waals surface area contributed by atoms with Crippen LogP contribution in [-0.2, 0) is 0 Å². The molecule has 3 aromatic carbocycles. The Morgan fingerprint density at radius 3 is 2.57 bits per heavy atom. The molecule has 2 atom stereocenters. The monoisotopic (exact) mass is 492 g/mol. The zero-order chi connectivity index (χ0) is 25.9. The van der Waals surface area contributed by atoms with E-state index in [9.17, 15) is 10.1 Å². The molecule has 0 fully saturated rings. The van der Waals surface area contributed by atoms with Gasteiger partial charge < -0.3 is 14.2 Å². The summed E-state index contributed by atoms with van der Waals surface area (Å²) in [6.45, 7) is 4.18. The molecule has 2 unspecified atom stereocenters. The Morgan fingerprint density at radius 2 is 1.86 bits per heavy atom. The van der Waals surface area contributed by atoms with Gasteiger partial charge in [-0.25, -0.2) is 4.79 Å². The number of aromatic nitrogens is 2. The predicted molar refractivity (Wildman–Crippen MR) is 137 cm³/mol. The maximum absolute atomic E-state index is 12.7. The number of nitrogens with zero attached hydrogens (tertiary/aromatic N) is 2. The number of fused-ring (bicyclic) bond motifs is 1. The van der Waals surface area contributed by atoms with Crippen molar-refractivity contribution in [3.8, 4) is 34.7 Å². The first-order chi connectivity index (χ1) is 18.0. The number of carbonyl (C=O) groups is 1. The summed E-state index contributed by atoms with van der Waals surface area (Å²) < 4.78 is 17.1. The maximum atomic E-state index is 12.7. The van der Waals surface area contributed by atoms with Crippen molar-refractivity contribution in [1.29, 1.82) is 10.7 Å². The summed E-state index contributed by atoms with van der Waals surface area (Å²) in [6, 6.07) is 24.0. The Bertz CT molecular complexity index is 1500. The van der Waals surface area contributed by atoms with Crippen molar-refractivity contribution in [1.82, 2.24) is 10.2 Å². The molecule has 1 aromatic heterocycles. The number of hydrogen-bond donors (Lipinski definition) is 2. The quantitative estimate of drug-likeness (QED) is 0.265. The van der Waals surface area contributed by atoms with Crippen LogP contribution in [0.1, 0.15) is 39.9 Å². The van der Waals surface area contributed by atoms with Crippen LogP contribution in [0, 0.1) is 29.6 Å². The van der Waals surface area contributed by atoms with E-state index in [0.29, 0.717) is 34.7 Å². The molecule has 1 aliphatic rings. The number of carbonyl (C=O) groups excluding carboxylic acids is 1. The fraction of sp³-hybridized carbons (Fsp3) is 0.172. The molecule has 0 amide bonds. The highest BCUT2D eigenvalue weighted by Crippen LogP contribution is 2.47. The minimum absolute atomic E-state index is 0.181. The normalized spacial score (nSPS) is 16.3. The van der Waals surface area contributed by atoms with Gasteiger partial charge in [0.1, 0.15) is 5.92 Å². The largest absolute Gasteiger partial charge is 0.490 e. The number of rotatable bonds is 6. The van der Waals surface area contributed by atoms with Gasteiger partial charge in [0.15, 0.2) is 11.5 Å². The number of aromatic amines is 1. The molecular formula is C29H24N4O4. The highest BCUT2D eigenvalue weighted by atomic mass is 16.6. The molecule has 0 saturated heterocycles. The molecular weight excluding hydrogens is 468 g/mol.